The van der Waals surface area contributed by atoms with E-state index in [1.807, 2.05) is 0 Å². The third-order valence-electron chi connectivity index (χ3n) is 2.00. The fourth-order valence-electron chi connectivity index (χ4n) is 1.21. The SMILES string of the molecule is CCCCC(CCCC)N=[N+]=[N-]. The maximum Gasteiger partial charge on any atom is 0.0374 e. The zero-order valence-corrected chi connectivity index (χ0v) is 8.16. The third kappa shape index (κ3) is 6.05. The molecular weight excluding hydrogens is 150 g/mol. The van der Waals surface area contributed by atoms with Crippen molar-refractivity contribution in [3.05, 3.63) is 10.4 Å². The summed E-state index contributed by atoms with van der Waals surface area (Å²) >= 11 is 0. The van der Waals surface area contributed by atoms with Crippen LogP contribution in [0.2, 0.25) is 0 Å². The number of hydrogen-bond donors (Lipinski definition) is 0. The fraction of sp³-hybridized carbons (Fsp3) is 1.00. The lowest BCUT2D eigenvalue weighted by molar-refractivity contribution is 0.518. The van der Waals surface area contributed by atoms with Crippen LogP contribution in [0.25, 0.3) is 10.4 Å². The van der Waals surface area contributed by atoms with Crippen molar-refractivity contribution in [2.75, 3.05) is 0 Å². The molecule has 12 heavy (non-hydrogen) atoms. The van der Waals surface area contributed by atoms with Crippen molar-refractivity contribution < 1.29 is 0 Å². The van der Waals surface area contributed by atoms with E-state index in [2.05, 4.69) is 23.9 Å². The molecule has 0 atom stereocenters. The Bertz CT molecular complexity index is 131. The summed E-state index contributed by atoms with van der Waals surface area (Å²) in [5.41, 5.74) is 8.29. The van der Waals surface area contributed by atoms with Gasteiger partial charge in [-0.05, 0) is 18.4 Å². The molecule has 0 N–H and O–H groups in total. The smallest absolute Gasteiger partial charge is 0.0374 e. The van der Waals surface area contributed by atoms with Crippen LogP contribution in [0.3, 0.4) is 0 Å². The van der Waals surface area contributed by atoms with Crippen LogP contribution in [-0.4, -0.2) is 6.04 Å². The Morgan fingerprint density at radius 2 is 1.67 bits per heavy atom. The highest BCUT2D eigenvalue weighted by molar-refractivity contribution is 4.66. The van der Waals surface area contributed by atoms with Crippen LogP contribution in [0.4, 0.5) is 0 Å². The topological polar surface area (TPSA) is 48.8 Å². The maximum atomic E-state index is 8.29. The zero-order valence-electron chi connectivity index (χ0n) is 8.16. The molecule has 3 nitrogen and oxygen atoms in total. The van der Waals surface area contributed by atoms with E-state index in [4.69, 9.17) is 5.53 Å². The first-order chi connectivity index (χ1) is 5.85. The molecule has 0 saturated carbocycles. The van der Waals surface area contributed by atoms with E-state index in [1.165, 1.54) is 25.7 Å². The predicted octanol–water partition coefficient (Wildman–Crippen LogP) is 4.05. The minimum Gasteiger partial charge on any atom is -0.0906 e. The number of rotatable bonds is 7. The maximum absolute atomic E-state index is 8.29. The van der Waals surface area contributed by atoms with E-state index in [9.17, 15) is 0 Å². The van der Waals surface area contributed by atoms with E-state index >= 15 is 0 Å². The Balaban J connectivity index is 3.61. The van der Waals surface area contributed by atoms with E-state index in [-0.39, 0.29) is 6.04 Å². The highest BCUT2D eigenvalue weighted by Crippen LogP contribution is 2.12. The second-order valence-electron chi connectivity index (χ2n) is 3.14. The molecule has 0 unspecified atom stereocenters. The Hall–Kier alpha value is -0.690. The quantitative estimate of drug-likeness (QED) is 0.313. The van der Waals surface area contributed by atoms with Gasteiger partial charge in [-0.2, -0.15) is 0 Å². The Morgan fingerprint density at radius 3 is 2.00 bits per heavy atom. The molecule has 3 heteroatoms. The van der Waals surface area contributed by atoms with Crippen LogP contribution in [0.5, 0.6) is 0 Å². The van der Waals surface area contributed by atoms with Crippen molar-refractivity contribution in [2.24, 2.45) is 5.11 Å². The van der Waals surface area contributed by atoms with Crippen molar-refractivity contribution >= 4 is 0 Å². The van der Waals surface area contributed by atoms with Crippen molar-refractivity contribution in [1.29, 1.82) is 0 Å². The number of azide groups is 1. The predicted molar refractivity (Wildman–Crippen MR) is 52.0 cm³/mol. The van der Waals surface area contributed by atoms with Crippen LogP contribution in [-0.2, 0) is 0 Å². The van der Waals surface area contributed by atoms with Gasteiger partial charge in [0.05, 0.1) is 0 Å². The molecule has 0 rings (SSSR count). The molecule has 0 amide bonds. The summed E-state index contributed by atoms with van der Waals surface area (Å²) in [6.45, 7) is 4.32. The van der Waals surface area contributed by atoms with Crippen molar-refractivity contribution in [3.63, 3.8) is 0 Å². The molecular formula is C9H19N3. The van der Waals surface area contributed by atoms with E-state index in [0.717, 1.165) is 12.8 Å². The molecule has 0 spiro atoms. The van der Waals surface area contributed by atoms with Crippen LogP contribution < -0.4 is 0 Å². The number of unbranched alkanes of at least 4 members (excludes halogenated alkanes) is 2. The lowest BCUT2D eigenvalue weighted by atomic mass is 10.1. The average Bonchev–Trinajstić information content (AvgIpc) is 2.10. The molecule has 0 bridgehead atoms. The molecule has 0 aromatic rings. The minimum atomic E-state index is 0.245. The largest absolute Gasteiger partial charge is 0.0906 e. The average molecular weight is 169 g/mol. The number of nitrogens with zero attached hydrogens (tertiary/aromatic N) is 3. The van der Waals surface area contributed by atoms with Gasteiger partial charge in [0.2, 0.25) is 0 Å². The summed E-state index contributed by atoms with van der Waals surface area (Å²) in [4.78, 5) is 2.87. The highest BCUT2D eigenvalue weighted by atomic mass is 15.1. The molecule has 0 aliphatic heterocycles. The Labute approximate surface area is 74.8 Å². The van der Waals surface area contributed by atoms with Gasteiger partial charge in [0.1, 0.15) is 0 Å². The van der Waals surface area contributed by atoms with Crippen LogP contribution in [0.1, 0.15) is 52.4 Å². The zero-order chi connectivity index (χ0) is 9.23. The van der Waals surface area contributed by atoms with Gasteiger partial charge in [-0.1, -0.05) is 44.6 Å². The van der Waals surface area contributed by atoms with E-state index in [1.54, 1.807) is 0 Å². The molecule has 0 heterocycles. The van der Waals surface area contributed by atoms with Gasteiger partial charge < -0.3 is 0 Å². The molecule has 0 aliphatic rings. The molecule has 70 valence electrons. The molecule has 0 aromatic heterocycles. The second-order valence-corrected chi connectivity index (χ2v) is 3.14. The van der Waals surface area contributed by atoms with Gasteiger partial charge in [0.15, 0.2) is 0 Å². The number of hydrogen-bond acceptors (Lipinski definition) is 1. The summed E-state index contributed by atoms with van der Waals surface area (Å²) < 4.78 is 0. The Kier molecular flexibility index (Phi) is 7.92. The summed E-state index contributed by atoms with van der Waals surface area (Å²) in [7, 11) is 0. The first-order valence-corrected chi connectivity index (χ1v) is 4.89. The third-order valence-corrected chi connectivity index (χ3v) is 2.00. The standard InChI is InChI=1S/C9H19N3/c1-3-5-7-9(11-12-10)8-6-4-2/h9H,3-8H2,1-2H3. The van der Waals surface area contributed by atoms with Gasteiger partial charge >= 0.3 is 0 Å². The van der Waals surface area contributed by atoms with Crippen LogP contribution in [0, 0.1) is 0 Å². The Morgan fingerprint density at radius 1 is 1.17 bits per heavy atom. The van der Waals surface area contributed by atoms with E-state index in [0.29, 0.717) is 0 Å². The monoisotopic (exact) mass is 169 g/mol. The van der Waals surface area contributed by atoms with Crippen molar-refractivity contribution in [2.45, 2.75) is 58.4 Å². The van der Waals surface area contributed by atoms with Crippen molar-refractivity contribution in [1.82, 2.24) is 0 Å². The van der Waals surface area contributed by atoms with Crippen LogP contribution >= 0.6 is 0 Å². The molecule has 0 aliphatic carbocycles. The van der Waals surface area contributed by atoms with Crippen molar-refractivity contribution in [3.8, 4) is 0 Å². The fourth-order valence-corrected chi connectivity index (χ4v) is 1.21. The minimum absolute atomic E-state index is 0.245. The van der Waals surface area contributed by atoms with Crippen LogP contribution in [0.15, 0.2) is 5.11 Å². The van der Waals surface area contributed by atoms with Gasteiger partial charge in [-0.15, -0.1) is 0 Å². The molecule has 0 saturated heterocycles. The first-order valence-electron chi connectivity index (χ1n) is 4.89. The van der Waals surface area contributed by atoms with Gasteiger partial charge in [-0.25, -0.2) is 0 Å². The normalized spacial score (nSPS) is 9.92. The highest BCUT2D eigenvalue weighted by Gasteiger charge is 2.03. The lowest BCUT2D eigenvalue weighted by Crippen LogP contribution is -2.02. The van der Waals surface area contributed by atoms with Gasteiger partial charge in [0.25, 0.3) is 0 Å². The summed E-state index contributed by atoms with van der Waals surface area (Å²) in [5, 5.41) is 3.78. The first kappa shape index (κ1) is 11.3. The van der Waals surface area contributed by atoms with Gasteiger partial charge in [-0.3, -0.25) is 0 Å². The summed E-state index contributed by atoms with van der Waals surface area (Å²) in [6, 6.07) is 0.245. The van der Waals surface area contributed by atoms with E-state index < -0.39 is 0 Å². The second kappa shape index (κ2) is 8.41. The molecule has 0 fully saturated rings. The molecule has 0 radical (unpaired) electrons. The van der Waals surface area contributed by atoms with Gasteiger partial charge in [0, 0.05) is 11.0 Å². The summed E-state index contributed by atoms with van der Waals surface area (Å²) in [6.07, 6.45) is 6.83. The molecule has 0 aromatic carbocycles. The summed E-state index contributed by atoms with van der Waals surface area (Å²) in [5.74, 6) is 0. The lowest BCUT2D eigenvalue weighted by Gasteiger charge is -2.08.